The van der Waals surface area contributed by atoms with Gasteiger partial charge in [0.05, 0.1) is 0 Å². The van der Waals surface area contributed by atoms with Gasteiger partial charge in [-0.15, -0.1) is 0 Å². The van der Waals surface area contributed by atoms with Gasteiger partial charge in [0.15, 0.2) is 0 Å². The summed E-state index contributed by atoms with van der Waals surface area (Å²) in [7, 11) is 0. The van der Waals surface area contributed by atoms with Crippen molar-refractivity contribution in [2.75, 3.05) is 0 Å². The van der Waals surface area contributed by atoms with Crippen LogP contribution < -0.4 is 0 Å². The zero-order chi connectivity index (χ0) is 0. The normalized spacial score (nSPS) is 0. The first-order valence-electron chi connectivity index (χ1n) is 0. The van der Waals surface area contributed by atoms with Crippen molar-refractivity contribution in [3.05, 3.63) is 0 Å². The molecule has 0 aliphatic carbocycles. The first-order chi connectivity index (χ1) is 0. The molecule has 0 saturated heterocycles. The van der Waals surface area contributed by atoms with E-state index in [2.05, 4.69) is 0 Å². The van der Waals surface area contributed by atoms with Gasteiger partial charge in [0.1, 0.15) is 0 Å². The van der Waals surface area contributed by atoms with E-state index in [-0.39, 0.29) is 101 Å². The smallest absolute Gasteiger partial charge is 0 e. The Kier molecular flexibility index (Phi) is 111. The molecule has 0 bridgehead atoms. The van der Waals surface area contributed by atoms with Crippen LogP contribution in [0.4, 0.5) is 0 Å². The van der Waals surface area contributed by atoms with E-state index >= 15 is 0 Å². The maximum absolute atomic E-state index is 0. The van der Waals surface area contributed by atoms with Crippen LogP contribution in [0.2, 0.25) is 0 Å². The van der Waals surface area contributed by atoms with Crippen LogP contribution >= 0.6 is 0 Å². The van der Waals surface area contributed by atoms with Gasteiger partial charge in [-0.25, -0.2) is 0 Å². The molecule has 0 aliphatic rings. The fraction of sp³-hybridized carbons (Fsp3) is 0. The van der Waals surface area contributed by atoms with Crippen molar-refractivity contribution in [3.8, 4) is 0 Å². The second-order valence-corrected chi connectivity index (χ2v) is 0. The average Bonchev–Trinajstić information content (AvgIpc) is 0. The maximum Gasteiger partial charge on any atom is 0 e. The summed E-state index contributed by atoms with van der Waals surface area (Å²) < 4.78 is 0. The van der Waals surface area contributed by atoms with Crippen LogP contribution in [0.3, 0.4) is 0 Å². The second kappa shape index (κ2) is 16.4. The summed E-state index contributed by atoms with van der Waals surface area (Å²) in [6.07, 6.45) is 0. The van der Waals surface area contributed by atoms with Crippen LogP contribution in [-0.2, 0) is 47.9 Å². The summed E-state index contributed by atoms with van der Waals surface area (Å²) in [5, 5.41) is 0. The molecule has 0 aliphatic heterocycles. The van der Waals surface area contributed by atoms with E-state index < -0.39 is 0 Å². The summed E-state index contributed by atoms with van der Waals surface area (Å²) in [5.74, 6) is 0. The quantitative estimate of drug-likeness (QED) is 0.535. The molecule has 0 aromatic rings. The van der Waals surface area contributed by atoms with Crippen molar-refractivity contribution in [2.45, 2.75) is 0 Å². The van der Waals surface area contributed by atoms with Gasteiger partial charge in [-0.3, -0.25) is 0 Å². The van der Waals surface area contributed by atoms with E-state index in [0.29, 0.717) is 0 Å². The van der Waals surface area contributed by atoms with Crippen LogP contribution in [0.5, 0.6) is 0 Å². The number of rotatable bonds is 0. The van der Waals surface area contributed by atoms with E-state index in [4.69, 9.17) is 0 Å². The number of hydrogen-bond donors (Lipinski definition) is 0. The van der Waals surface area contributed by atoms with Crippen molar-refractivity contribution >= 4 is 11.0 Å². The molecule has 0 spiro atoms. The minimum absolute atomic E-state index is 0. The van der Waals surface area contributed by atoms with E-state index in [0.717, 1.165) is 0 Å². The first kappa shape index (κ1) is 27.1. The van der Waals surface area contributed by atoms with Gasteiger partial charge in [0, 0.05) is 101 Å². The van der Waals surface area contributed by atoms with Crippen LogP contribution in [0, 0.1) is 41.7 Å². The summed E-state index contributed by atoms with van der Waals surface area (Å²) >= 11 is 0. The topological polar surface area (TPSA) is 0 Å². The van der Waals surface area contributed by atoms with E-state index in [1.807, 2.05) is 0 Å². The molecule has 0 atom stereocenters. The Morgan fingerprint density at radius 1 is 1.00 bits per heavy atom. The van der Waals surface area contributed by atoms with Crippen LogP contribution in [0.1, 0.15) is 0 Å². The van der Waals surface area contributed by atoms with Gasteiger partial charge in [0.2, 0.25) is 0 Å². The Balaban J connectivity index is 0. The molecule has 0 fully saturated rings. The largest absolute Gasteiger partial charge is 0 e. The Morgan fingerprint density at radius 2 is 1.00 bits per heavy atom. The molecule has 4 radical (unpaired) electrons. The first-order valence-corrected chi connectivity index (χ1v) is 0. The van der Waals surface area contributed by atoms with Gasteiger partial charge < -0.3 is 0 Å². The summed E-state index contributed by atoms with van der Waals surface area (Å²) in [5.41, 5.74) is 0. The molecule has 0 amide bonds. The predicted octanol–water partition coefficient (Wildman–Crippen LogP) is -0.386. The standard InChI is InChI=1S/Ce.Si.Ti.Zr. The third-order valence-corrected chi connectivity index (χ3v) is 0. The molecule has 16 valence electrons. The van der Waals surface area contributed by atoms with Crippen LogP contribution in [-0.4, -0.2) is 11.0 Å². The zero-order valence-corrected chi connectivity index (χ0v) is 10.2. The molecule has 0 saturated carbocycles. The van der Waals surface area contributed by atoms with Gasteiger partial charge in [-0.05, 0) is 0 Å². The molecule has 4 heavy (non-hydrogen) atoms. The fourth-order valence-electron chi connectivity index (χ4n) is 0. The SMILES string of the molecule is [Ce].[Si].[Ti].[Zr]. The van der Waals surface area contributed by atoms with E-state index in [1.54, 1.807) is 0 Å². The molecule has 0 unspecified atom stereocenters. The monoisotopic (exact) mass is 306 g/mol. The molecule has 4 heteroatoms. The van der Waals surface area contributed by atoms with Crippen molar-refractivity contribution in [2.24, 2.45) is 0 Å². The van der Waals surface area contributed by atoms with E-state index in [9.17, 15) is 0 Å². The van der Waals surface area contributed by atoms with Crippen molar-refractivity contribution in [3.63, 3.8) is 0 Å². The molecule has 0 rings (SSSR count). The molecule has 0 nitrogen and oxygen atoms in total. The fourth-order valence-corrected chi connectivity index (χ4v) is 0. The molecular weight excluding hydrogens is 307 g/mol. The maximum atomic E-state index is 0. The Bertz CT molecular complexity index is 8.00. The van der Waals surface area contributed by atoms with Gasteiger partial charge in [-0.1, -0.05) is 0 Å². The summed E-state index contributed by atoms with van der Waals surface area (Å²) in [4.78, 5) is 0. The van der Waals surface area contributed by atoms with E-state index in [1.165, 1.54) is 0 Å². The summed E-state index contributed by atoms with van der Waals surface area (Å²) in [6, 6.07) is 0. The third kappa shape index (κ3) is 8.95. The van der Waals surface area contributed by atoms with Crippen molar-refractivity contribution in [1.29, 1.82) is 0 Å². The van der Waals surface area contributed by atoms with Gasteiger partial charge in [0.25, 0.3) is 0 Å². The minimum atomic E-state index is 0. The molecule has 0 aromatic carbocycles. The molecule has 0 aromatic heterocycles. The minimum Gasteiger partial charge on any atom is 0 e. The van der Waals surface area contributed by atoms with Crippen LogP contribution in [0.25, 0.3) is 0 Å². The van der Waals surface area contributed by atoms with Crippen LogP contribution in [0.15, 0.2) is 0 Å². The van der Waals surface area contributed by atoms with Crippen molar-refractivity contribution in [1.82, 2.24) is 0 Å². The van der Waals surface area contributed by atoms with Gasteiger partial charge >= 0.3 is 0 Å². The Hall–Kier alpha value is 3.19. The molecule has 0 N–H and O–H groups in total. The number of hydrogen-bond acceptors (Lipinski definition) is 0. The third-order valence-electron chi connectivity index (χ3n) is 0. The van der Waals surface area contributed by atoms with Crippen molar-refractivity contribution < 1.29 is 89.7 Å². The second-order valence-electron chi connectivity index (χ2n) is 0. The molecule has 0 heterocycles. The zero-order valence-electron chi connectivity index (χ0n) is 2.00. The summed E-state index contributed by atoms with van der Waals surface area (Å²) in [6.45, 7) is 0. The Morgan fingerprint density at radius 3 is 1.00 bits per heavy atom. The average molecular weight is 307 g/mol. The van der Waals surface area contributed by atoms with Gasteiger partial charge in [-0.2, -0.15) is 0 Å². The Labute approximate surface area is 98.3 Å². The predicted molar refractivity (Wildman–Crippen MR) is 5.75 cm³/mol. The molecular formula is CeSiTiZr.